The van der Waals surface area contributed by atoms with Crippen molar-refractivity contribution >= 4 is 58.5 Å². The number of nitrogens with two attached hydrogens (primary N) is 1. The quantitative estimate of drug-likeness (QED) is 0.401. The van der Waals surface area contributed by atoms with Crippen LogP contribution >= 0.6 is 35.6 Å². The summed E-state index contributed by atoms with van der Waals surface area (Å²) in [5, 5.41) is 5.99. The van der Waals surface area contributed by atoms with Gasteiger partial charge in [-0.1, -0.05) is 36.2 Å². The van der Waals surface area contributed by atoms with E-state index >= 15 is 0 Å². The van der Waals surface area contributed by atoms with E-state index in [0.717, 1.165) is 67.1 Å². The predicted molar refractivity (Wildman–Crippen MR) is 156 cm³/mol. The molecule has 0 aliphatic carbocycles. The van der Waals surface area contributed by atoms with Gasteiger partial charge in [-0.25, -0.2) is 14.6 Å². The Balaban J connectivity index is 0.00000336. The number of carbonyl (C=O) groups is 1. The number of nitrogens with zero attached hydrogens (tertiary/aromatic N) is 6. The lowest BCUT2D eigenvalue weighted by Gasteiger charge is -2.43. The largest absolute Gasteiger partial charge is 0.370 e. The molecule has 206 valence electrons. The van der Waals surface area contributed by atoms with Crippen LogP contribution in [0.15, 0.2) is 24.4 Å². The highest BCUT2D eigenvalue weighted by Crippen LogP contribution is 2.34. The molecular formula is C27H36Cl3N7O. The van der Waals surface area contributed by atoms with Crippen LogP contribution in [0.4, 0.5) is 5.82 Å². The zero-order valence-electron chi connectivity index (χ0n) is 22.1. The van der Waals surface area contributed by atoms with Crippen molar-refractivity contribution in [3.63, 3.8) is 0 Å². The average molecular weight is 581 g/mol. The van der Waals surface area contributed by atoms with Crippen LogP contribution in [0.2, 0.25) is 10.0 Å². The van der Waals surface area contributed by atoms with Gasteiger partial charge in [0.15, 0.2) is 5.65 Å². The second kappa shape index (κ2) is 11.9. The molecule has 0 bridgehead atoms. The fourth-order valence-corrected chi connectivity index (χ4v) is 6.75. The first kappa shape index (κ1) is 28.9. The summed E-state index contributed by atoms with van der Waals surface area (Å²) in [7, 11) is 0. The standard InChI is InChI=1S/C27H35Cl2N7O.ClH/c1-16-15-34(12-10-23(16)35-11-4-5-20(35)7-9-24(30)37)25-14-31-26-17(2)33-36(27(26)32-25)18(3)21-8-6-19(28)13-22(21)29;/h6,8,13-14,16,18,20,23H,4-5,7,9-12,15H2,1-3H3,(H2,30,37);1H/t16-,18-,20?,23+;/m1./s1. The minimum absolute atomic E-state index is 0. The molecule has 11 heteroatoms. The number of halogens is 3. The number of aryl methyl sites for hydroxylation is 1. The van der Waals surface area contributed by atoms with Crippen molar-refractivity contribution in [3.05, 3.63) is 45.7 Å². The molecule has 2 N–H and O–H groups in total. The number of carbonyl (C=O) groups excluding carboxylic acids is 1. The minimum atomic E-state index is -0.203. The number of fused-ring (bicyclic) bond motifs is 1. The number of benzene rings is 1. The predicted octanol–water partition coefficient (Wildman–Crippen LogP) is 5.42. The van der Waals surface area contributed by atoms with Crippen LogP contribution in [0, 0.1) is 12.8 Å². The van der Waals surface area contributed by atoms with Crippen LogP contribution in [-0.4, -0.2) is 62.3 Å². The van der Waals surface area contributed by atoms with E-state index in [-0.39, 0.29) is 24.4 Å². The summed E-state index contributed by atoms with van der Waals surface area (Å²) in [6, 6.07) is 6.39. The van der Waals surface area contributed by atoms with Gasteiger partial charge in [-0.15, -0.1) is 12.4 Å². The van der Waals surface area contributed by atoms with Gasteiger partial charge in [0.1, 0.15) is 11.3 Å². The van der Waals surface area contributed by atoms with E-state index in [1.807, 2.05) is 29.9 Å². The summed E-state index contributed by atoms with van der Waals surface area (Å²) in [5.74, 6) is 1.14. The molecule has 2 aliphatic rings. The number of hydrogen-bond acceptors (Lipinski definition) is 6. The summed E-state index contributed by atoms with van der Waals surface area (Å²) in [6.07, 6.45) is 6.61. The number of likely N-dealkylation sites (tertiary alicyclic amines) is 1. The Morgan fingerprint density at radius 2 is 2.03 bits per heavy atom. The number of primary amides is 1. The summed E-state index contributed by atoms with van der Waals surface area (Å²) < 4.78 is 1.92. The van der Waals surface area contributed by atoms with Gasteiger partial charge in [0.05, 0.1) is 17.9 Å². The molecule has 3 aromatic rings. The van der Waals surface area contributed by atoms with Crippen LogP contribution in [0.5, 0.6) is 0 Å². The molecule has 8 nitrogen and oxygen atoms in total. The zero-order valence-corrected chi connectivity index (χ0v) is 24.4. The number of hydrogen-bond donors (Lipinski definition) is 1. The third-order valence-electron chi connectivity index (χ3n) is 8.09. The van der Waals surface area contributed by atoms with Crippen molar-refractivity contribution in [2.24, 2.45) is 11.7 Å². The second-order valence-corrected chi connectivity index (χ2v) is 11.4. The first-order valence-corrected chi connectivity index (χ1v) is 13.9. The average Bonchev–Trinajstić information content (AvgIpc) is 3.46. The summed E-state index contributed by atoms with van der Waals surface area (Å²) >= 11 is 12.6. The Kier molecular flexibility index (Phi) is 9.07. The summed E-state index contributed by atoms with van der Waals surface area (Å²) in [5.41, 5.74) is 8.77. The number of piperidine rings is 1. The SMILES string of the molecule is Cc1nn([C@H](C)c2ccc(Cl)cc2Cl)c2nc(N3CC[C@H](N4CCCC4CCC(N)=O)[C@H](C)C3)cnc12.Cl. The number of rotatable bonds is 7. The Hall–Kier alpha value is -2.13. The smallest absolute Gasteiger partial charge is 0.217 e. The topological polar surface area (TPSA) is 93.2 Å². The lowest BCUT2D eigenvalue weighted by Crippen LogP contribution is -2.52. The maximum atomic E-state index is 11.3. The van der Waals surface area contributed by atoms with Gasteiger partial charge in [-0.2, -0.15) is 5.10 Å². The van der Waals surface area contributed by atoms with E-state index in [1.54, 1.807) is 6.07 Å². The fraction of sp³-hybridized carbons (Fsp3) is 0.556. The van der Waals surface area contributed by atoms with Gasteiger partial charge in [0, 0.05) is 41.6 Å². The van der Waals surface area contributed by atoms with Gasteiger partial charge in [-0.05, 0) is 69.7 Å². The second-order valence-electron chi connectivity index (χ2n) is 10.6. The maximum Gasteiger partial charge on any atom is 0.217 e. The molecule has 2 saturated heterocycles. The van der Waals surface area contributed by atoms with Gasteiger partial charge in [0.25, 0.3) is 0 Å². The molecule has 1 amide bonds. The third-order valence-corrected chi connectivity index (χ3v) is 8.66. The zero-order chi connectivity index (χ0) is 26.3. The van der Waals surface area contributed by atoms with Crippen molar-refractivity contribution in [2.45, 2.75) is 71.0 Å². The lowest BCUT2D eigenvalue weighted by atomic mass is 9.91. The van der Waals surface area contributed by atoms with E-state index < -0.39 is 0 Å². The first-order valence-electron chi connectivity index (χ1n) is 13.2. The maximum absolute atomic E-state index is 11.3. The molecule has 0 saturated carbocycles. The molecule has 1 unspecified atom stereocenters. The Labute approximate surface area is 240 Å². The molecule has 38 heavy (non-hydrogen) atoms. The van der Waals surface area contributed by atoms with E-state index in [4.69, 9.17) is 44.0 Å². The monoisotopic (exact) mass is 579 g/mol. The van der Waals surface area contributed by atoms with Gasteiger partial charge < -0.3 is 10.6 Å². The molecule has 1 aromatic carbocycles. The molecule has 4 atom stereocenters. The van der Waals surface area contributed by atoms with E-state index in [0.29, 0.717) is 34.5 Å². The lowest BCUT2D eigenvalue weighted by molar-refractivity contribution is -0.118. The van der Waals surface area contributed by atoms with E-state index in [9.17, 15) is 4.79 Å². The summed E-state index contributed by atoms with van der Waals surface area (Å²) in [6.45, 7) is 9.28. The Morgan fingerprint density at radius 1 is 1.24 bits per heavy atom. The van der Waals surface area contributed by atoms with Crippen LogP contribution in [0.1, 0.15) is 63.3 Å². The van der Waals surface area contributed by atoms with Crippen LogP contribution in [0.3, 0.4) is 0 Å². The Morgan fingerprint density at radius 3 is 2.74 bits per heavy atom. The van der Waals surface area contributed by atoms with Crippen molar-refractivity contribution in [3.8, 4) is 0 Å². The fourth-order valence-electron chi connectivity index (χ4n) is 6.18. The number of aromatic nitrogens is 4. The molecular weight excluding hydrogens is 545 g/mol. The molecule has 2 fully saturated rings. The van der Waals surface area contributed by atoms with Crippen LogP contribution in [0.25, 0.3) is 11.2 Å². The summed E-state index contributed by atoms with van der Waals surface area (Å²) in [4.78, 5) is 26.1. The molecule has 2 aromatic heterocycles. The first-order chi connectivity index (χ1) is 17.7. The van der Waals surface area contributed by atoms with Crippen molar-refractivity contribution in [1.82, 2.24) is 24.6 Å². The van der Waals surface area contributed by atoms with Crippen molar-refractivity contribution in [1.29, 1.82) is 0 Å². The Bertz CT molecular complexity index is 1300. The number of anilines is 1. The van der Waals surface area contributed by atoms with Crippen molar-refractivity contribution < 1.29 is 4.79 Å². The minimum Gasteiger partial charge on any atom is -0.370 e. The highest BCUT2D eigenvalue weighted by atomic mass is 35.5. The van der Waals surface area contributed by atoms with Gasteiger partial charge in [-0.3, -0.25) is 9.69 Å². The van der Waals surface area contributed by atoms with E-state index in [1.165, 1.54) is 6.42 Å². The third kappa shape index (κ3) is 5.74. The van der Waals surface area contributed by atoms with E-state index in [2.05, 4.69) is 23.6 Å². The molecule has 5 rings (SSSR count). The molecule has 0 spiro atoms. The van der Waals surface area contributed by atoms with Crippen LogP contribution < -0.4 is 10.6 Å². The molecule has 0 radical (unpaired) electrons. The molecule has 2 aliphatic heterocycles. The number of amides is 1. The molecule has 4 heterocycles. The van der Waals surface area contributed by atoms with Crippen LogP contribution in [-0.2, 0) is 4.79 Å². The van der Waals surface area contributed by atoms with Gasteiger partial charge in [0.2, 0.25) is 5.91 Å². The van der Waals surface area contributed by atoms with Gasteiger partial charge >= 0.3 is 0 Å². The van der Waals surface area contributed by atoms with Crippen molar-refractivity contribution in [2.75, 3.05) is 24.5 Å². The highest BCUT2D eigenvalue weighted by Gasteiger charge is 2.37. The normalized spacial score (nSPS) is 23.0. The highest BCUT2D eigenvalue weighted by molar-refractivity contribution is 6.35.